The van der Waals surface area contributed by atoms with Crippen LogP contribution < -0.4 is 5.32 Å². The van der Waals surface area contributed by atoms with Crippen molar-refractivity contribution in [2.45, 2.75) is 45.2 Å². The molecule has 1 aliphatic rings. The summed E-state index contributed by atoms with van der Waals surface area (Å²) in [6, 6.07) is 8.05. The Hall–Kier alpha value is -1.35. The molecule has 0 saturated heterocycles. The van der Waals surface area contributed by atoms with Crippen LogP contribution in [0.5, 0.6) is 0 Å². The lowest BCUT2D eigenvalue weighted by Gasteiger charge is -2.18. The van der Waals surface area contributed by atoms with Crippen LogP contribution in [0.25, 0.3) is 0 Å². The molecule has 0 amide bonds. The fraction of sp³-hybridized carbons (Fsp3) is 0.533. The van der Waals surface area contributed by atoms with Crippen molar-refractivity contribution in [3.05, 3.63) is 35.4 Å². The van der Waals surface area contributed by atoms with E-state index in [1.165, 1.54) is 18.4 Å². The highest BCUT2D eigenvalue weighted by Crippen LogP contribution is 2.39. The normalized spacial score (nSPS) is 16.8. The monoisotopic (exact) mass is 247 g/mol. The average Bonchev–Trinajstić information content (AvgIpc) is 3.13. The molecule has 2 rings (SSSR count). The Morgan fingerprint density at radius 3 is 2.39 bits per heavy atom. The summed E-state index contributed by atoms with van der Waals surface area (Å²) in [6.07, 6.45) is 2.62. The zero-order valence-electron chi connectivity index (χ0n) is 11.0. The van der Waals surface area contributed by atoms with Gasteiger partial charge in [-0.1, -0.05) is 38.1 Å². The summed E-state index contributed by atoms with van der Waals surface area (Å²) in [6.45, 7) is 4.45. The van der Waals surface area contributed by atoms with Gasteiger partial charge in [0.1, 0.15) is 6.04 Å². The van der Waals surface area contributed by atoms with E-state index in [9.17, 15) is 4.79 Å². The van der Waals surface area contributed by atoms with E-state index in [0.29, 0.717) is 6.54 Å². The maximum absolute atomic E-state index is 11.1. The van der Waals surface area contributed by atoms with Gasteiger partial charge in [0.05, 0.1) is 0 Å². The van der Waals surface area contributed by atoms with Crippen LogP contribution in [0, 0.1) is 5.92 Å². The molecule has 0 radical (unpaired) electrons. The molecule has 1 aromatic rings. The van der Waals surface area contributed by atoms with Crippen molar-refractivity contribution in [1.29, 1.82) is 0 Å². The average molecular weight is 247 g/mol. The zero-order chi connectivity index (χ0) is 13.1. The quantitative estimate of drug-likeness (QED) is 0.812. The fourth-order valence-corrected chi connectivity index (χ4v) is 2.16. The number of nitrogens with one attached hydrogen (secondary N) is 1. The molecular formula is C15H21NO2. The molecule has 1 fully saturated rings. The van der Waals surface area contributed by atoms with Crippen LogP contribution in [0.15, 0.2) is 24.3 Å². The zero-order valence-corrected chi connectivity index (χ0v) is 11.0. The van der Waals surface area contributed by atoms with E-state index < -0.39 is 12.0 Å². The van der Waals surface area contributed by atoms with Gasteiger partial charge in [0.15, 0.2) is 0 Å². The molecule has 1 aliphatic carbocycles. The van der Waals surface area contributed by atoms with Crippen molar-refractivity contribution in [3.8, 4) is 0 Å². The molecule has 0 aliphatic heterocycles. The van der Waals surface area contributed by atoms with Crippen LogP contribution in [-0.2, 0) is 11.3 Å². The van der Waals surface area contributed by atoms with Gasteiger partial charge in [0, 0.05) is 6.54 Å². The minimum atomic E-state index is -0.778. The lowest BCUT2D eigenvalue weighted by molar-refractivity contribution is -0.140. The Bertz CT molecular complexity index is 407. The van der Waals surface area contributed by atoms with E-state index in [4.69, 9.17) is 5.11 Å². The third kappa shape index (κ3) is 3.33. The number of carbonyl (C=O) groups is 1. The van der Waals surface area contributed by atoms with Gasteiger partial charge in [0.2, 0.25) is 0 Å². The minimum Gasteiger partial charge on any atom is -0.480 e. The maximum Gasteiger partial charge on any atom is 0.320 e. The third-order valence-corrected chi connectivity index (χ3v) is 3.49. The molecule has 2 N–H and O–H groups in total. The summed E-state index contributed by atoms with van der Waals surface area (Å²) in [5, 5.41) is 12.2. The Morgan fingerprint density at radius 1 is 1.33 bits per heavy atom. The highest BCUT2D eigenvalue weighted by Gasteiger charge is 2.23. The first-order valence-corrected chi connectivity index (χ1v) is 6.63. The second-order valence-electron chi connectivity index (χ2n) is 5.46. The predicted octanol–water partition coefficient (Wildman–Crippen LogP) is 2.76. The van der Waals surface area contributed by atoms with Gasteiger partial charge in [-0.25, -0.2) is 0 Å². The lowest BCUT2D eigenvalue weighted by Crippen LogP contribution is -2.40. The summed E-state index contributed by atoms with van der Waals surface area (Å²) < 4.78 is 0. The lowest BCUT2D eigenvalue weighted by atomic mass is 10.0. The van der Waals surface area contributed by atoms with Crippen LogP contribution in [0.1, 0.15) is 43.7 Å². The van der Waals surface area contributed by atoms with Crippen molar-refractivity contribution < 1.29 is 9.90 Å². The first kappa shape index (κ1) is 13.1. The summed E-state index contributed by atoms with van der Waals surface area (Å²) in [4.78, 5) is 11.1. The van der Waals surface area contributed by atoms with Gasteiger partial charge in [-0.2, -0.15) is 0 Å². The number of aliphatic carboxylic acids is 1. The van der Waals surface area contributed by atoms with Gasteiger partial charge < -0.3 is 10.4 Å². The molecular weight excluding hydrogens is 226 g/mol. The number of rotatable bonds is 6. The van der Waals surface area contributed by atoms with E-state index in [1.807, 2.05) is 13.8 Å². The topological polar surface area (TPSA) is 49.3 Å². The Balaban J connectivity index is 1.90. The maximum atomic E-state index is 11.1. The summed E-state index contributed by atoms with van der Waals surface area (Å²) in [7, 11) is 0. The van der Waals surface area contributed by atoms with Crippen molar-refractivity contribution in [3.63, 3.8) is 0 Å². The molecule has 0 bridgehead atoms. The minimum absolute atomic E-state index is 0.0910. The summed E-state index contributed by atoms with van der Waals surface area (Å²) >= 11 is 0. The standard InChI is InChI=1S/C15H21NO2/c1-10(2)14(15(17)18)16-9-11-3-5-12(6-4-11)13-7-8-13/h3-6,10,13-14,16H,7-9H2,1-2H3,(H,17,18). The van der Waals surface area contributed by atoms with E-state index in [2.05, 4.69) is 29.6 Å². The van der Waals surface area contributed by atoms with Gasteiger partial charge in [-0.15, -0.1) is 0 Å². The number of hydrogen-bond donors (Lipinski definition) is 2. The molecule has 1 saturated carbocycles. The fourth-order valence-electron chi connectivity index (χ4n) is 2.16. The number of carboxylic acids is 1. The number of benzene rings is 1. The van der Waals surface area contributed by atoms with Crippen LogP contribution >= 0.6 is 0 Å². The molecule has 0 heterocycles. The van der Waals surface area contributed by atoms with E-state index in [1.54, 1.807) is 0 Å². The molecule has 18 heavy (non-hydrogen) atoms. The van der Waals surface area contributed by atoms with Crippen LogP contribution in [0.3, 0.4) is 0 Å². The number of hydrogen-bond acceptors (Lipinski definition) is 2. The Morgan fingerprint density at radius 2 is 1.94 bits per heavy atom. The first-order valence-electron chi connectivity index (χ1n) is 6.63. The second-order valence-corrected chi connectivity index (χ2v) is 5.46. The van der Waals surface area contributed by atoms with E-state index in [0.717, 1.165) is 11.5 Å². The van der Waals surface area contributed by atoms with Gasteiger partial charge in [-0.05, 0) is 35.8 Å². The second kappa shape index (κ2) is 5.53. The van der Waals surface area contributed by atoms with Crippen LogP contribution in [-0.4, -0.2) is 17.1 Å². The smallest absolute Gasteiger partial charge is 0.320 e. The van der Waals surface area contributed by atoms with Crippen molar-refractivity contribution >= 4 is 5.97 Å². The summed E-state index contributed by atoms with van der Waals surface area (Å²) in [5.41, 5.74) is 2.56. The molecule has 1 atom stereocenters. The molecule has 0 aromatic heterocycles. The van der Waals surface area contributed by atoms with E-state index in [-0.39, 0.29) is 5.92 Å². The molecule has 1 aromatic carbocycles. The van der Waals surface area contributed by atoms with Gasteiger partial charge >= 0.3 is 5.97 Å². The largest absolute Gasteiger partial charge is 0.480 e. The molecule has 0 spiro atoms. The molecule has 1 unspecified atom stereocenters. The Kier molecular flexibility index (Phi) is 4.02. The highest BCUT2D eigenvalue weighted by atomic mass is 16.4. The van der Waals surface area contributed by atoms with Gasteiger partial charge in [-0.3, -0.25) is 4.79 Å². The third-order valence-electron chi connectivity index (χ3n) is 3.49. The molecule has 98 valence electrons. The van der Waals surface area contributed by atoms with Crippen molar-refractivity contribution in [1.82, 2.24) is 5.32 Å². The van der Waals surface area contributed by atoms with Crippen molar-refractivity contribution in [2.75, 3.05) is 0 Å². The SMILES string of the molecule is CC(C)C(NCc1ccc(C2CC2)cc1)C(=O)O. The number of carboxylic acid groups (broad SMARTS) is 1. The first-order chi connectivity index (χ1) is 8.58. The predicted molar refractivity (Wildman–Crippen MR) is 71.5 cm³/mol. The van der Waals surface area contributed by atoms with Gasteiger partial charge in [0.25, 0.3) is 0 Å². The molecule has 3 nitrogen and oxygen atoms in total. The van der Waals surface area contributed by atoms with Crippen molar-refractivity contribution in [2.24, 2.45) is 5.92 Å². The summed E-state index contributed by atoms with van der Waals surface area (Å²) in [5.74, 6) is 0.0854. The molecule has 3 heteroatoms. The highest BCUT2D eigenvalue weighted by molar-refractivity contribution is 5.73. The van der Waals surface area contributed by atoms with Crippen LogP contribution in [0.2, 0.25) is 0 Å². The van der Waals surface area contributed by atoms with E-state index >= 15 is 0 Å². The van der Waals surface area contributed by atoms with Crippen LogP contribution in [0.4, 0.5) is 0 Å². The Labute approximate surface area is 108 Å².